The van der Waals surface area contributed by atoms with E-state index in [0.29, 0.717) is 0 Å². The average Bonchev–Trinajstić information content (AvgIpc) is 2.58. The van der Waals surface area contributed by atoms with E-state index in [1.807, 2.05) is 6.07 Å². The van der Waals surface area contributed by atoms with Gasteiger partial charge in [0.2, 0.25) is 0 Å². The largest absolute Gasteiger partial charge is 0.506 e. The van der Waals surface area contributed by atoms with Gasteiger partial charge in [0, 0.05) is 6.54 Å². The molecule has 1 aliphatic heterocycles. The van der Waals surface area contributed by atoms with Gasteiger partial charge in [0.15, 0.2) is 0 Å². The standard InChI is InChI=1S/C15H24N2O/c1-12(2)13-4-3-8-17(9-7-13)11-14-5-6-15(18)10-16-14/h5-6,10,12-13,18H,3-4,7-9,11H2,1-2H3. The predicted molar refractivity (Wildman–Crippen MR) is 73.4 cm³/mol. The number of aromatic hydroxyl groups is 1. The third kappa shape index (κ3) is 3.70. The Kier molecular flexibility index (Phi) is 4.59. The Labute approximate surface area is 110 Å². The van der Waals surface area contributed by atoms with Crippen LogP contribution in [0.2, 0.25) is 0 Å². The van der Waals surface area contributed by atoms with E-state index in [-0.39, 0.29) is 5.75 Å². The molecule has 0 spiro atoms. The van der Waals surface area contributed by atoms with Gasteiger partial charge in [-0.05, 0) is 56.3 Å². The number of aromatic nitrogens is 1. The maximum atomic E-state index is 9.23. The first kappa shape index (κ1) is 13.3. The molecule has 1 fully saturated rings. The topological polar surface area (TPSA) is 36.4 Å². The summed E-state index contributed by atoms with van der Waals surface area (Å²) >= 11 is 0. The van der Waals surface area contributed by atoms with Crippen molar-refractivity contribution in [2.24, 2.45) is 11.8 Å². The number of hydrogen-bond donors (Lipinski definition) is 1. The van der Waals surface area contributed by atoms with Crippen molar-refractivity contribution in [1.29, 1.82) is 0 Å². The molecule has 0 aromatic carbocycles. The zero-order chi connectivity index (χ0) is 13.0. The monoisotopic (exact) mass is 248 g/mol. The number of rotatable bonds is 3. The first-order valence-electron chi connectivity index (χ1n) is 7.01. The van der Waals surface area contributed by atoms with Crippen molar-refractivity contribution in [3.63, 3.8) is 0 Å². The lowest BCUT2D eigenvalue weighted by atomic mass is 9.89. The summed E-state index contributed by atoms with van der Waals surface area (Å²) in [5.74, 6) is 1.93. The van der Waals surface area contributed by atoms with Gasteiger partial charge in [-0.1, -0.05) is 13.8 Å². The SMILES string of the molecule is CC(C)C1CCCN(Cc2ccc(O)cn2)CC1. The summed E-state index contributed by atoms with van der Waals surface area (Å²) in [5, 5.41) is 9.23. The van der Waals surface area contributed by atoms with Crippen LogP contribution < -0.4 is 0 Å². The van der Waals surface area contributed by atoms with Crippen LogP contribution in [-0.4, -0.2) is 28.1 Å². The van der Waals surface area contributed by atoms with Gasteiger partial charge in [-0.3, -0.25) is 9.88 Å². The van der Waals surface area contributed by atoms with Gasteiger partial charge >= 0.3 is 0 Å². The highest BCUT2D eigenvalue weighted by Gasteiger charge is 2.19. The van der Waals surface area contributed by atoms with Crippen molar-refractivity contribution in [2.45, 2.75) is 39.7 Å². The van der Waals surface area contributed by atoms with E-state index in [2.05, 4.69) is 23.7 Å². The molecule has 0 amide bonds. The Balaban J connectivity index is 1.88. The number of pyridine rings is 1. The molecule has 1 saturated heterocycles. The zero-order valence-corrected chi connectivity index (χ0v) is 11.5. The third-order valence-corrected chi connectivity index (χ3v) is 4.00. The highest BCUT2D eigenvalue weighted by molar-refractivity contribution is 5.17. The Bertz CT molecular complexity index is 361. The smallest absolute Gasteiger partial charge is 0.133 e. The molecule has 3 heteroatoms. The van der Waals surface area contributed by atoms with Gasteiger partial charge in [0.05, 0.1) is 11.9 Å². The minimum Gasteiger partial charge on any atom is -0.506 e. The molecule has 0 bridgehead atoms. The van der Waals surface area contributed by atoms with E-state index in [1.54, 1.807) is 6.07 Å². The Hall–Kier alpha value is -1.09. The van der Waals surface area contributed by atoms with E-state index in [0.717, 1.165) is 24.1 Å². The zero-order valence-electron chi connectivity index (χ0n) is 11.5. The van der Waals surface area contributed by atoms with Crippen LogP contribution in [0.25, 0.3) is 0 Å². The molecule has 1 aliphatic rings. The second kappa shape index (κ2) is 6.19. The van der Waals surface area contributed by atoms with E-state index >= 15 is 0 Å². The van der Waals surface area contributed by atoms with Crippen molar-refractivity contribution in [3.05, 3.63) is 24.0 Å². The quantitative estimate of drug-likeness (QED) is 0.893. The van der Waals surface area contributed by atoms with Crippen molar-refractivity contribution in [1.82, 2.24) is 9.88 Å². The molecule has 1 unspecified atom stereocenters. The minimum absolute atomic E-state index is 0.245. The Morgan fingerprint density at radius 1 is 1.33 bits per heavy atom. The van der Waals surface area contributed by atoms with Gasteiger partial charge in [-0.25, -0.2) is 0 Å². The summed E-state index contributed by atoms with van der Waals surface area (Å²) in [6, 6.07) is 3.64. The van der Waals surface area contributed by atoms with Crippen molar-refractivity contribution in [3.8, 4) is 5.75 Å². The molecule has 2 heterocycles. The van der Waals surface area contributed by atoms with Gasteiger partial charge in [-0.2, -0.15) is 0 Å². The fourth-order valence-corrected chi connectivity index (χ4v) is 2.75. The molecule has 0 radical (unpaired) electrons. The Morgan fingerprint density at radius 2 is 2.17 bits per heavy atom. The van der Waals surface area contributed by atoms with Crippen molar-refractivity contribution >= 4 is 0 Å². The fourth-order valence-electron chi connectivity index (χ4n) is 2.75. The van der Waals surface area contributed by atoms with Crippen LogP contribution in [-0.2, 0) is 6.54 Å². The molecule has 1 aromatic rings. The van der Waals surface area contributed by atoms with Crippen molar-refractivity contribution in [2.75, 3.05) is 13.1 Å². The van der Waals surface area contributed by atoms with Crippen LogP contribution >= 0.6 is 0 Å². The molecular formula is C15H24N2O. The third-order valence-electron chi connectivity index (χ3n) is 4.00. The van der Waals surface area contributed by atoms with Crippen LogP contribution in [0.1, 0.15) is 38.8 Å². The molecule has 1 N–H and O–H groups in total. The van der Waals surface area contributed by atoms with Crippen LogP contribution in [0.3, 0.4) is 0 Å². The molecular weight excluding hydrogens is 224 g/mol. The lowest BCUT2D eigenvalue weighted by Gasteiger charge is -2.20. The lowest BCUT2D eigenvalue weighted by molar-refractivity contribution is 0.262. The summed E-state index contributed by atoms with van der Waals surface area (Å²) in [7, 11) is 0. The summed E-state index contributed by atoms with van der Waals surface area (Å²) in [6.07, 6.45) is 5.48. The van der Waals surface area contributed by atoms with Crippen molar-refractivity contribution < 1.29 is 5.11 Å². The number of likely N-dealkylation sites (tertiary alicyclic amines) is 1. The summed E-state index contributed by atoms with van der Waals surface area (Å²) in [6.45, 7) is 7.92. The molecule has 0 saturated carbocycles. The van der Waals surface area contributed by atoms with Crippen LogP contribution in [0.5, 0.6) is 5.75 Å². The second-order valence-corrected chi connectivity index (χ2v) is 5.72. The first-order valence-corrected chi connectivity index (χ1v) is 7.01. The molecule has 1 atom stereocenters. The second-order valence-electron chi connectivity index (χ2n) is 5.72. The number of hydrogen-bond acceptors (Lipinski definition) is 3. The molecule has 0 aliphatic carbocycles. The van der Waals surface area contributed by atoms with Crippen LogP contribution in [0.4, 0.5) is 0 Å². The molecule has 1 aromatic heterocycles. The van der Waals surface area contributed by atoms with E-state index in [4.69, 9.17) is 0 Å². The molecule has 3 nitrogen and oxygen atoms in total. The predicted octanol–water partition coefficient (Wildman–Crippen LogP) is 3.05. The van der Waals surface area contributed by atoms with E-state index in [9.17, 15) is 5.11 Å². The summed E-state index contributed by atoms with van der Waals surface area (Å²) in [5.41, 5.74) is 1.05. The van der Waals surface area contributed by atoms with Crippen LogP contribution in [0.15, 0.2) is 18.3 Å². The first-order chi connectivity index (χ1) is 8.65. The van der Waals surface area contributed by atoms with Gasteiger partial charge in [0.25, 0.3) is 0 Å². The normalized spacial score (nSPS) is 22.1. The minimum atomic E-state index is 0.245. The molecule has 100 valence electrons. The lowest BCUT2D eigenvalue weighted by Crippen LogP contribution is -2.25. The van der Waals surface area contributed by atoms with E-state index < -0.39 is 0 Å². The highest BCUT2D eigenvalue weighted by atomic mass is 16.3. The molecule has 18 heavy (non-hydrogen) atoms. The van der Waals surface area contributed by atoms with Gasteiger partial charge < -0.3 is 5.11 Å². The maximum Gasteiger partial charge on any atom is 0.133 e. The van der Waals surface area contributed by atoms with E-state index in [1.165, 1.54) is 38.5 Å². The Morgan fingerprint density at radius 3 is 2.83 bits per heavy atom. The summed E-state index contributed by atoms with van der Waals surface area (Å²) < 4.78 is 0. The average molecular weight is 248 g/mol. The highest BCUT2D eigenvalue weighted by Crippen LogP contribution is 2.25. The van der Waals surface area contributed by atoms with Crippen LogP contribution in [0, 0.1) is 11.8 Å². The maximum absolute atomic E-state index is 9.23. The number of nitrogens with zero attached hydrogens (tertiary/aromatic N) is 2. The fraction of sp³-hybridized carbons (Fsp3) is 0.667. The van der Waals surface area contributed by atoms with Gasteiger partial charge in [-0.15, -0.1) is 0 Å². The summed E-state index contributed by atoms with van der Waals surface area (Å²) in [4.78, 5) is 6.75. The van der Waals surface area contributed by atoms with Gasteiger partial charge in [0.1, 0.15) is 5.75 Å². The molecule has 2 rings (SSSR count).